The van der Waals surface area contributed by atoms with Crippen LogP contribution < -0.4 is 4.74 Å². The lowest BCUT2D eigenvalue weighted by atomic mass is 9.79. The van der Waals surface area contributed by atoms with Crippen LogP contribution in [0.15, 0.2) is 48.5 Å². The van der Waals surface area contributed by atoms with Crippen LogP contribution >= 0.6 is 0 Å². The minimum Gasteiger partial charge on any atom is -0.496 e. The lowest BCUT2D eigenvalue weighted by molar-refractivity contribution is -0.160. The molecule has 1 aliphatic rings. The molecule has 1 saturated carbocycles. The highest BCUT2D eigenvalue weighted by Crippen LogP contribution is 2.37. The highest BCUT2D eigenvalue weighted by molar-refractivity contribution is 6.33. The number of hydrogen-bond donors (Lipinski definition) is 0. The number of hydrogen-bond acceptors (Lipinski definition) is 4. The Labute approximate surface area is 177 Å². The van der Waals surface area contributed by atoms with E-state index >= 15 is 0 Å². The quantitative estimate of drug-likeness (QED) is 0.455. The van der Waals surface area contributed by atoms with Crippen LogP contribution in [0.2, 0.25) is 0 Å². The summed E-state index contributed by atoms with van der Waals surface area (Å²) in [6.07, 6.45) is 3.34. The summed E-state index contributed by atoms with van der Waals surface area (Å²) in [6, 6.07) is 14.2. The van der Waals surface area contributed by atoms with E-state index in [4.69, 9.17) is 9.47 Å². The Kier molecular flexibility index (Phi) is 6.91. The fourth-order valence-electron chi connectivity index (χ4n) is 4.30. The molecule has 0 bridgehead atoms. The molecule has 0 aromatic heterocycles. The van der Waals surface area contributed by atoms with E-state index in [0.717, 1.165) is 31.2 Å². The predicted octanol–water partition coefficient (Wildman–Crippen LogP) is 5.34. The van der Waals surface area contributed by atoms with Gasteiger partial charge < -0.3 is 9.47 Å². The maximum Gasteiger partial charge on any atom is 0.374 e. The molecule has 2 aromatic carbocycles. The first kappa shape index (κ1) is 22.0. The van der Waals surface area contributed by atoms with Gasteiger partial charge in [-0.05, 0) is 43.0 Å². The molecule has 4 nitrogen and oxygen atoms in total. The van der Waals surface area contributed by atoms with E-state index < -0.39 is 23.0 Å². The Morgan fingerprint density at radius 1 is 1.07 bits per heavy atom. The van der Waals surface area contributed by atoms with Crippen molar-refractivity contribution in [2.45, 2.75) is 63.4 Å². The van der Waals surface area contributed by atoms with Crippen molar-refractivity contribution in [1.82, 2.24) is 0 Å². The van der Waals surface area contributed by atoms with Crippen LogP contribution in [0.4, 0.5) is 4.39 Å². The third-order valence-corrected chi connectivity index (χ3v) is 5.91. The van der Waals surface area contributed by atoms with Gasteiger partial charge in [0.05, 0.1) is 7.11 Å². The SMILES string of the molecule is COc1ccc(F)cc1C(C)(C)CC(=O)C(=O)OC1CCCCC1c1ccccc1. The van der Waals surface area contributed by atoms with Crippen LogP contribution in [0.3, 0.4) is 0 Å². The van der Waals surface area contributed by atoms with Crippen molar-refractivity contribution >= 4 is 11.8 Å². The number of methoxy groups -OCH3 is 1. The van der Waals surface area contributed by atoms with Crippen molar-refractivity contribution in [3.63, 3.8) is 0 Å². The molecule has 0 radical (unpaired) electrons. The van der Waals surface area contributed by atoms with Crippen molar-refractivity contribution in [1.29, 1.82) is 0 Å². The molecule has 0 N–H and O–H groups in total. The van der Waals surface area contributed by atoms with Crippen molar-refractivity contribution in [3.8, 4) is 5.75 Å². The summed E-state index contributed by atoms with van der Waals surface area (Å²) in [6.45, 7) is 3.59. The maximum absolute atomic E-state index is 13.8. The highest BCUT2D eigenvalue weighted by Gasteiger charge is 2.35. The molecule has 160 valence electrons. The maximum atomic E-state index is 13.8. The highest BCUT2D eigenvalue weighted by atomic mass is 19.1. The van der Waals surface area contributed by atoms with Crippen LogP contribution in [0.5, 0.6) is 5.75 Å². The molecular formula is C25H29FO4. The second-order valence-electron chi connectivity index (χ2n) is 8.57. The van der Waals surface area contributed by atoms with Gasteiger partial charge in [0.2, 0.25) is 5.78 Å². The standard InChI is InChI=1S/C25H29FO4/c1-25(2,20-15-18(26)13-14-23(20)29-3)16-21(27)24(28)30-22-12-8-7-11-19(22)17-9-5-4-6-10-17/h4-6,9-10,13-15,19,22H,7-8,11-12,16H2,1-3H3. The van der Waals surface area contributed by atoms with Crippen molar-refractivity contribution in [3.05, 3.63) is 65.5 Å². The number of carbonyl (C=O) groups excluding carboxylic acids is 2. The number of Topliss-reactive ketones (excluding diaryl/α,β-unsaturated/α-hetero) is 1. The molecule has 1 fully saturated rings. The Morgan fingerprint density at radius 3 is 2.47 bits per heavy atom. The van der Waals surface area contributed by atoms with Crippen molar-refractivity contribution < 1.29 is 23.5 Å². The molecule has 2 aromatic rings. The smallest absolute Gasteiger partial charge is 0.374 e. The number of esters is 1. The zero-order chi connectivity index (χ0) is 21.7. The minimum atomic E-state index is -0.814. The van der Waals surface area contributed by atoms with Crippen molar-refractivity contribution in [2.75, 3.05) is 7.11 Å². The molecular weight excluding hydrogens is 383 g/mol. The van der Waals surface area contributed by atoms with Gasteiger partial charge in [0.1, 0.15) is 17.7 Å². The van der Waals surface area contributed by atoms with Crippen LogP contribution in [0, 0.1) is 5.82 Å². The molecule has 2 unspecified atom stereocenters. The second kappa shape index (κ2) is 9.41. The van der Waals surface area contributed by atoms with Gasteiger partial charge in [-0.3, -0.25) is 4.79 Å². The third-order valence-electron chi connectivity index (χ3n) is 5.91. The number of ketones is 1. The third kappa shape index (κ3) is 5.07. The number of rotatable bonds is 7. The fourth-order valence-corrected chi connectivity index (χ4v) is 4.30. The monoisotopic (exact) mass is 412 g/mol. The average Bonchev–Trinajstić information content (AvgIpc) is 2.74. The summed E-state index contributed by atoms with van der Waals surface area (Å²) < 4.78 is 24.8. The van der Waals surface area contributed by atoms with E-state index in [1.54, 1.807) is 13.8 Å². The predicted molar refractivity (Wildman–Crippen MR) is 113 cm³/mol. The first-order chi connectivity index (χ1) is 14.3. The van der Waals surface area contributed by atoms with E-state index in [2.05, 4.69) is 0 Å². The summed E-state index contributed by atoms with van der Waals surface area (Å²) in [5, 5.41) is 0. The summed E-state index contributed by atoms with van der Waals surface area (Å²) in [7, 11) is 1.50. The summed E-state index contributed by atoms with van der Waals surface area (Å²) in [5.74, 6) is -1.25. The molecule has 0 spiro atoms. The van der Waals surface area contributed by atoms with Gasteiger partial charge in [-0.1, -0.05) is 50.6 Å². The molecule has 0 aliphatic heterocycles. The van der Waals surface area contributed by atoms with Gasteiger partial charge in [-0.2, -0.15) is 0 Å². The van der Waals surface area contributed by atoms with Gasteiger partial charge >= 0.3 is 5.97 Å². The van der Waals surface area contributed by atoms with Crippen molar-refractivity contribution in [2.24, 2.45) is 0 Å². The zero-order valence-corrected chi connectivity index (χ0v) is 17.8. The lowest BCUT2D eigenvalue weighted by Gasteiger charge is -2.32. The van der Waals surface area contributed by atoms with E-state index in [9.17, 15) is 14.0 Å². The normalized spacial score (nSPS) is 19.2. The Balaban J connectivity index is 1.71. The lowest BCUT2D eigenvalue weighted by Crippen LogP contribution is -2.34. The van der Waals surface area contributed by atoms with Gasteiger partial charge in [0.15, 0.2) is 0 Å². The zero-order valence-electron chi connectivity index (χ0n) is 17.8. The minimum absolute atomic E-state index is 0.0889. The fraction of sp³-hybridized carbons (Fsp3) is 0.440. The van der Waals surface area contributed by atoms with Crippen LogP contribution in [-0.2, 0) is 19.7 Å². The van der Waals surface area contributed by atoms with Gasteiger partial charge in [0, 0.05) is 23.3 Å². The van der Waals surface area contributed by atoms with Gasteiger partial charge in [-0.25, -0.2) is 9.18 Å². The van der Waals surface area contributed by atoms with E-state index in [0.29, 0.717) is 11.3 Å². The Morgan fingerprint density at radius 2 is 1.77 bits per heavy atom. The number of ether oxygens (including phenoxy) is 2. The Hall–Kier alpha value is -2.69. The first-order valence-corrected chi connectivity index (χ1v) is 10.4. The molecule has 5 heteroatoms. The molecule has 1 aliphatic carbocycles. The van der Waals surface area contributed by atoms with E-state index in [1.807, 2.05) is 30.3 Å². The Bertz CT molecular complexity index is 891. The first-order valence-electron chi connectivity index (χ1n) is 10.4. The van der Waals surface area contributed by atoms with E-state index in [-0.39, 0.29) is 18.4 Å². The number of carbonyl (C=O) groups is 2. The van der Waals surface area contributed by atoms with Gasteiger partial charge in [0.25, 0.3) is 0 Å². The molecule has 2 atom stereocenters. The average molecular weight is 413 g/mol. The molecule has 0 saturated heterocycles. The van der Waals surface area contributed by atoms with Crippen LogP contribution in [0.25, 0.3) is 0 Å². The topological polar surface area (TPSA) is 52.6 Å². The molecule has 30 heavy (non-hydrogen) atoms. The van der Waals surface area contributed by atoms with E-state index in [1.165, 1.54) is 25.3 Å². The largest absolute Gasteiger partial charge is 0.496 e. The molecule has 3 rings (SSSR count). The number of benzene rings is 2. The summed E-state index contributed by atoms with van der Waals surface area (Å²) >= 11 is 0. The summed E-state index contributed by atoms with van der Waals surface area (Å²) in [5.41, 5.74) is 0.896. The van der Waals surface area contributed by atoms with Crippen LogP contribution in [0.1, 0.15) is 63.0 Å². The number of halogens is 1. The second-order valence-corrected chi connectivity index (χ2v) is 8.57. The molecule has 0 heterocycles. The molecule has 0 amide bonds. The summed E-state index contributed by atoms with van der Waals surface area (Å²) in [4.78, 5) is 25.4. The van der Waals surface area contributed by atoms with Crippen LogP contribution in [-0.4, -0.2) is 25.0 Å². The van der Waals surface area contributed by atoms with Gasteiger partial charge in [-0.15, -0.1) is 0 Å².